The average Bonchev–Trinajstić information content (AvgIpc) is 2.70. The number of hydrogen-bond acceptors (Lipinski definition) is 2. The largest absolute Gasteiger partial charge is 0.389 e. The maximum absolute atomic E-state index is 6.10. The van der Waals surface area contributed by atoms with Crippen LogP contribution < -0.4 is 11.1 Å². The Hall–Kier alpha value is -0.800. The summed E-state index contributed by atoms with van der Waals surface area (Å²) in [5, 5.41) is 4.10. The van der Waals surface area contributed by atoms with Crippen molar-refractivity contribution in [2.45, 2.75) is 31.7 Å². The van der Waals surface area contributed by atoms with Gasteiger partial charge in [-0.1, -0.05) is 36.7 Å². The van der Waals surface area contributed by atoms with Crippen molar-refractivity contribution in [3.8, 4) is 0 Å². The molecule has 1 saturated carbocycles. The van der Waals surface area contributed by atoms with E-state index >= 15 is 0 Å². The van der Waals surface area contributed by atoms with Crippen LogP contribution in [0.3, 0.4) is 0 Å². The summed E-state index contributed by atoms with van der Waals surface area (Å²) in [6, 6.07) is 6.35. The van der Waals surface area contributed by atoms with E-state index in [0.717, 1.165) is 11.3 Å². The van der Waals surface area contributed by atoms with Gasteiger partial charge in [0.05, 0.1) is 5.02 Å². The number of benzene rings is 1. The monoisotopic (exact) mass is 254 g/mol. The Morgan fingerprint density at radius 3 is 2.62 bits per heavy atom. The summed E-state index contributed by atoms with van der Waals surface area (Å²) in [6.07, 6.45) is 5.12. The summed E-state index contributed by atoms with van der Waals surface area (Å²) in [6.45, 7) is 0. The molecule has 1 aromatic carbocycles. The molecule has 3 N–H and O–H groups in total. The number of nitrogens with two attached hydrogens (primary N) is 1. The normalized spacial score (nSPS) is 16.3. The standard InChI is InChI=1S/C12H15ClN2S/c13-11-7-9(5-6-10(11)12(14)16)15-8-3-1-2-4-8/h5-8,15H,1-4H2,(H2,14,16). The fraction of sp³-hybridized carbons (Fsp3) is 0.417. The van der Waals surface area contributed by atoms with Crippen molar-refractivity contribution < 1.29 is 0 Å². The molecule has 0 aliphatic heterocycles. The number of thiocarbonyl (C=S) groups is 1. The lowest BCUT2D eigenvalue weighted by Crippen LogP contribution is -2.15. The second-order valence-corrected chi connectivity index (χ2v) is 5.03. The van der Waals surface area contributed by atoms with Gasteiger partial charge in [0.25, 0.3) is 0 Å². The summed E-state index contributed by atoms with van der Waals surface area (Å²) < 4.78 is 0. The van der Waals surface area contributed by atoms with E-state index in [4.69, 9.17) is 29.6 Å². The van der Waals surface area contributed by atoms with Crippen LogP contribution in [-0.4, -0.2) is 11.0 Å². The minimum Gasteiger partial charge on any atom is -0.389 e. The molecule has 0 atom stereocenters. The third-order valence-corrected chi connectivity index (χ3v) is 3.49. The average molecular weight is 255 g/mol. The van der Waals surface area contributed by atoms with Crippen molar-refractivity contribution in [3.63, 3.8) is 0 Å². The van der Waals surface area contributed by atoms with E-state index in [9.17, 15) is 0 Å². The van der Waals surface area contributed by atoms with Crippen LogP contribution in [0.5, 0.6) is 0 Å². The molecule has 0 bridgehead atoms. The predicted octanol–water partition coefficient (Wildman–Crippen LogP) is 3.33. The molecule has 1 aromatic rings. The Kier molecular flexibility index (Phi) is 3.66. The molecule has 4 heteroatoms. The quantitative estimate of drug-likeness (QED) is 0.813. The topological polar surface area (TPSA) is 38.0 Å². The second kappa shape index (κ2) is 5.02. The van der Waals surface area contributed by atoms with Crippen LogP contribution in [0.25, 0.3) is 0 Å². The summed E-state index contributed by atoms with van der Waals surface area (Å²) in [4.78, 5) is 0.345. The predicted molar refractivity (Wildman–Crippen MR) is 73.2 cm³/mol. The molecule has 1 aliphatic rings. The van der Waals surface area contributed by atoms with Gasteiger partial charge in [-0.05, 0) is 31.0 Å². The first-order valence-corrected chi connectivity index (χ1v) is 6.31. The lowest BCUT2D eigenvalue weighted by atomic mass is 10.2. The van der Waals surface area contributed by atoms with E-state index in [1.54, 1.807) is 0 Å². The Labute approximate surface area is 106 Å². The van der Waals surface area contributed by atoms with E-state index in [-0.39, 0.29) is 0 Å². The maximum Gasteiger partial charge on any atom is 0.105 e. The van der Waals surface area contributed by atoms with E-state index in [1.807, 2.05) is 18.2 Å². The van der Waals surface area contributed by atoms with Gasteiger partial charge in [0.2, 0.25) is 0 Å². The maximum atomic E-state index is 6.10. The Bertz CT molecular complexity index is 400. The fourth-order valence-electron chi connectivity index (χ4n) is 2.11. The molecule has 0 amide bonds. The van der Waals surface area contributed by atoms with Gasteiger partial charge in [-0.3, -0.25) is 0 Å². The molecule has 0 spiro atoms. The van der Waals surface area contributed by atoms with Gasteiger partial charge in [0, 0.05) is 17.3 Å². The number of hydrogen-bond donors (Lipinski definition) is 2. The zero-order valence-electron chi connectivity index (χ0n) is 9.00. The van der Waals surface area contributed by atoms with Crippen LogP contribution in [0.15, 0.2) is 18.2 Å². The van der Waals surface area contributed by atoms with Gasteiger partial charge in [-0.25, -0.2) is 0 Å². The highest BCUT2D eigenvalue weighted by molar-refractivity contribution is 7.80. The molecular formula is C12H15ClN2S. The van der Waals surface area contributed by atoms with Crippen LogP contribution in [0.1, 0.15) is 31.2 Å². The molecule has 86 valence electrons. The van der Waals surface area contributed by atoms with E-state index in [1.165, 1.54) is 25.7 Å². The van der Waals surface area contributed by atoms with Crippen molar-refractivity contribution in [3.05, 3.63) is 28.8 Å². The highest BCUT2D eigenvalue weighted by Crippen LogP contribution is 2.25. The first-order valence-electron chi connectivity index (χ1n) is 5.52. The minimum absolute atomic E-state index is 0.345. The van der Waals surface area contributed by atoms with Crippen molar-refractivity contribution in [2.24, 2.45) is 5.73 Å². The van der Waals surface area contributed by atoms with Gasteiger partial charge in [-0.2, -0.15) is 0 Å². The minimum atomic E-state index is 0.345. The van der Waals surface area contributed by atoms with Crippen LogP contribution in [-0.2, 0) is 0 Å². The molecule has 0 unspecified atom stereocenters. The van der Waals surface area contributed by atoms with Gasteiger partial charge < -0.3 is 11.1 Å². The fourth-order valence-corrected chi connectivity index (χ4v) is 2.63. The van der Waals surface area contributed by atoms with Crippen LogP contribution in [0.4, 0.5) is 5.69 Å². The molecular weight excluding hydrogens is 240 g/mol. The Balaban J connectivity index is 2.11. The molecule has 1 aliphatic carbocycles. The zero-order chi connectivity index (χ0) is 11.5. The van der Waals surface area contributed by atoms with Crippen LogP contribution >= 0.6 is 23.8 Å². The highest BCUT2D eigenvalue weighted by atomic mass is 35.5. The summed E-state index contributed by atoms with van der Waals surface area (Å²) >= 11 is 11.0. The summed E-state index contributed by atoms with van der Waals surface area (Å²) in [5.41, 5.74) is 7.35. The SMILES string of the molecule is NC(=S)c1ccc(NC2CCCC2)cc1Cl. The number of anilines is 1. The van der Waals surface area contributed by atoms with Crippen molar-refractivity contribution in [2.75, 3.05) is 5.32 Å². The number of nitrogens with one attached hydrogen (secondary N) is 1. The molecule has 0 saturated heterocycles. The third kappa shape index (κ3) is 2.66. The van der Waals surface area contributed by atoms with Crippen LogP contribution in [0, 0.1) is 0 Å². The van der Waals surface area contributed by atoms with Crippen molar-refractivity contribution in [1.82, 2.24) is 0 Å². The number of rotatable bonds is 3. The first kappa shape index (κ1) is 11.7. The molecule has 0 aromatic heterocycles. The molecule has 16 heavy (non-hydrogen) atoms. The van der Waals surface area contributed by atoms with Gasteiger partial charge in [0.15, 0.2) is 0 Å². The lowest BCUT2D eigenvalue weighted by molar-refractivity contribution is 0.755. The first-order chi connectivity index (χ1) is 7.66. The van der Waals surface area contributed by atoms with Gasteiger partial charge in [0.1, 0.15) is 4.99 Å². The van der Waals surface area contributed by atoms with Gasteiger partial charge in [-0.15, -0.1) is 0 Å². The Morgan fingerprint density at radius 2 is 2.06 bits per heavy atom. The van der Waals surface area contributed by atoms with Crippen molar-refractivity contribution in [1.29, 1.82) is 0 Å². The Morgan fingerprint density at radius 1 is 1.38 bits per heavy atom. The molecule has 0 heterocycles. The summed E-state index contributed by atoms with van der Waals surface area (Å²) in [5.74, 6) is 0. The van der Waals surface area contributed by atoms with Crippen LogP contribution in [0.2, 0.25) is 5.02 Å². The molecule has 0 radical (unpaired) electrons. The zero-order valence-corrected chi connectivity index (χ0v) is 10.6. The molecule has 2 nitrogen and oxygen atoms in total. The lowest BCUT2D eigenvalue weighted by Gasteiger charge is -2.14. The van der Waals surface area contributed by atoms with E-state index in [0.29, 0.717) is 16.1 Å². The molecule has 2 rings (SSSR count). The van der Waals surface area contributed by atoms with Crippen molar-refractivity contribution >= 4 is 34.5 Å². The second-order valence-electron chi connectivity index (χ2n) is 4.18. The van der Waals surface area contributed by atoms with E-state index < -0.39 is 0 Å². The highest BCUT2D eigenvalue weighted by Gasteiger charge is 2.14. The van der Waals surface area contributed by atoms with Gasteiger partial charge >= 0.3 is 0 Å². The summed E-state index contributed by atoms with van der Waals surface area (Å²) in [7, 11) is 0. The third-order valence-electron chi connectivity index (χ3n) is 2.96. The smallest absolute Gasteiger partial charge is 0.105 e. The number of halogens is 1. The van der Waals surface area contributed by atoms with E-state index in [2.05, 4.69) is 5.32 Å². The molecule has 1 fully saturated rings.